The van der Waals surface area contributed by atoms with E-state index in [1.54, 1.807) is 19.9 Å². The molecule has 0 bridgehead atoms. The predicted molar refractivity (Wildman–Crippen MR) is 69.2 cm³/mol. The van der Waals surface area contributed by atoms with Gasteiger partial charge in [-0.05, 0) is 37.1 Å². The minimum absolute atomic E-state index is 0.0243. The van der Waals surface area contributed by atoms with Gasteiger partial charge in [0.1, 0.15) is 5.75 Å². The monoisotopic (exact) mass is 257 g/mol. The first-order valence-corrected chi connectivity index (χ1v) is 5.91. The van der Waals surface area contributed by atoms with Crippen LogP contribution in [0, 0.1) is 19.3 Å². The summed E-state index contributed by atoms with van der Waals surface area (Å²) in [5.74, 6) is -2.35. The van der Waals surface area contributed by atoms with Gasteiger partial charge in [0, 0.05) is 17.5 Å². The molecule has 0 amide bonds. The van der Waals surface area contributed by atoms with Gasteiger partial charge in [-0.1, -0.05) is 13.8 Å². The first kappa shape index (κ1) is 14.9. The van der Waals surface area contributed by atoms with Crippen LogP contribution >= 0.6 is 0 Å². The van der Waals surface area contributed by atoms with Gasteiger partial charge in [0.25, 0.3) is 5.92 Å². The topological polar surface area (TPSA) is 35.2 Å². The summed E-state index contributed by atoms with van der Waals surface area (Å²) < 4.78 is 34.1. The highest BCUT2D eigenvalue weighted by Crippen LogP contribution is 2.46. The lowest BCUT2D eigenvalue weighted by Crippen LogP contribution is -2.40. The van der Waals surface area contributed by atoms with Crippen molar-refractivity contribution in [1.29, 1.82) is 0 Å². The van der Waals surface area contributed by atoms with E-state index in [1.807, 2.05) is 0 Å². The number of aryl methyl sites for hydroxylation is 2. The highest BCUT2D eigenvalue weighted by molar-refractivity contribution is 5.44. The molecule has 0 atom stereocenters. The lowest BCUT2D eigenvalue weighted by Gasteiger charge is -2.34. The average Bonchev–Trinajstić information content (AvgIpc) is 2.31. The van der Waals surface area contributed by atoms with Crippen molar-refractivity contribution in [2.75, 3.05) is 13.7 Å². The van der Waals surface area contributed by atoms with E-state index in [9.17, 15) is 8.78 Å². The zero-order valence-electron chi connectivity index (χ0n) is 11.6. The zero-order valence-corrected chi connectivity index (χ0v) is 11.6. The molecule has 1 aromatic rings. The summed E-state index contributed by atoms with van der Waals surface area (Å²) in [4.78, 5) is 0. The smallest absolute Gasteiger partial charge is 0.279 e. The Morgan fingerprint density at radius 1 is 1.17 bits per heavy atom. The van der Waals surface area contributed by atoms with Gasteiger partial charge in [-0.15, -0.1) is 0 Å². The van der Waals surface area contributed by atoms with Crippen LogP contribution in [-0.4, -0.2) is 13.7 Å². The van der Waals surface area contributed by atoms with Crippen LogP contribution in [0.15, 0.2) is 12.1 Å². The van der Waals surface area contributed by atoms with Crippen molar-refractivity contribution in [1.82, 2.24) is 0 Å². The maximum atomic E-state index is 14.5. The molecule has 0 radical (unpaired) electrons. The van der Waals surface area contributed by atoms with Crippen LogP contribution in [-0.2, 0) is 5.92 Å². The van der Waals surface area contributed by atoms with Crippen LogP contribution in [0.4, 0.5) is 8.78 Å². The number of halogens is 2. The fourth-order valence-electron chi connectivity index (χ4n) is 1.84. The highest BCUT2D eigenvalue weighted by Gasteiger charge is 2.48. The highest BCUT2D eigenvalue weighted by atomic mass is 19.3. The number of rotatable bonds is 4. The van der Waals surface area contributed by atoms with E-state index in [-0.39, 0.29) is 12.1 Å². The third-order valence-corrected chi connectivity index (χ3v) is 3.44. The molecule has 0 aliphatic heterocycles. The van der Waals surface area contributed by atoms with Crippen LogP contribution in [0.1, 0.15) is 30.5 Å². The van der Waals surface area contributed by atoms with E-state index >= 15 is 0 Å². The second-order valence-corrected chi connectivity index (χ2v) is 5.30. The molecular formula is C14H21F2NO. The van der Waals surface area contributed by atoms with Crippen LogP contribution < -0.4 is 10.5 Å². The third kappa shape index (κ3) is 2.34. The number of methoxy groups -OCH3 is 1. The van der Waals surface area contributed by atoms with Crippen molar-refractivity contribution in [2.45, 2.75) is 33.6 Å². The lowest BCUT2D eigenvalue weighted by molar-refractivity contribution is -0.109. The molecule has 2 N–H and O–H groups in total. The van der Waals surface area contributed by atoms with Gasteiger partial charge < -0.3 is 10.5 Å². The molecule has 1 aromatic carbocycles. The predicted octanol–water partition coefficient (Wildman–Crippen LogP) is 3.39. The molecule has 0 aliphatic carbocycles. The van der Waals surface area contributed by atoms with Crippen molar-refractivity contribution in [3.8, 4) is 5.75 Å². The minimum atomic E-state index is -2.97. The molecule has 102 valence electrons. The Hall–Kier alpha value is -1.16. The molecular weight excluding hydrogens is 236 g/mol. The Bertz CT molecular complexity index is 442. The first-order valence-electron chi connectivity index (χ1n) is 5.91. The minimum Gasteiger partial charge on any atom is -0.496 e. The van der Waals surface area contributed by atoms with Gasteiger partial charge in [0.15, 0.2) is 0 Å². The number of nitrogens with two attached hydrogens (primary N) is 1. The van der Waals surface area contributed by atoms with Crippen LogP contribution in [0.2, 0.25) is 0 Å². The summed E-state index contributed by atoms with van der Waals surface area (Å²) >= 11 is 0. The van der Waals surface area contributed by atoms with Crippen molar-refractivity contribution in [2.24, 2.45) is 11.1 Å². The van der Waals surface area contributed by atoms with Crippen LogP contribution in [0.25, 0.3) is 0 Å². The van der Waals surface area contributed by atoms with E-state index in [1.165, 1.54) is 27.0 Å². The molecule has 0 aromatic heterocycles. The summed E-state index contributed by atoms with van der Waals surface area (Å²) in [6.07, 6.45) is 0. The molecule has 2 nitrogen and oxygen atoms in total. The van der Waals surface area contributed by atoms with Gasteiger partial charge in [-0.3, -0.25) is 0 Å². The molecule has 18 heavy (non-hydrogen) atoms. The molecule has 4 heteroatoms. The molecule has 0 saturated heterocycles. The van der Waals surface area contributed by atoms with Crippen molar-refractivity contribution in [3.05, 3.63) is 28.8 Å². The quantitative estimate of drug-likeness (QED) is 0.897. The fourth-order valence-corrected chi connectivity index (χ4v) is 1.84. The Morgan fingerprint density at radius 2 is 1.72 bits per heavy atom. The third-order valence-electron chi connectivity index (χ3n) is 3.44. The van der Waals surface area contributed by atoms with Crippen molar-refractivity contribution >= 4 is 0 Å². The Kier molecular flexibility index (Phi) is 4.01. The molecule has 0 spiro atoms. The molecule has 0 unspecified atom stereocenters. The number of hydrogen-bond donors (Lipinski definition) is 1. The number of ether oxygens (including phenoxy) is 1. The molecule has 0 aliphatic rings. The first-order chi connectivity index (χ1) is 8.17. The van der Waals surface area contributed by atoms with Gasteiger partial charge in [-0.25, -0.2) is 8.78 Å². The summed E-state index contributed by atoms with van der Waals surface area (Å²) in [7, 11) is 1.53. The van der Waals surface area contributed by atoms with Gasteiger partial charge in [-0.2, -0.15) is 0 Å². The maximum Gasteiger partial charge on any atom is 0.279 e. The van der Waals surface area contributed by atoms with Gasteiger partial charge >= 0.3 is 0 Å². The average molecular weight is 257 g/mol. The van der Waals surface area contributed by atoms with E-state index in [0.29, 0.717) is 16.9 Å². The zero-order chi connectivity index (χ0) is 14.1. The fraction of sp³-hybridized carbons (Fsp3) is 0.571. The maximum absolute atomic E-state index is 14.5. The molecule has 0 fully saturated rings. The molecule has 0 heterocycles. The largest absolute Gasteiger partial charge is 0.496 e. The summed E-state index contributed by atoms with van der Waals surface area (Å²) in [6.45, 7) is 6.30. The number of benzene rings is 1. The lowest BCUT2D eigenvalue weighted by atomic mass is 9.80. The van der Waals surface area contributed by atoms with E-state index < -0.39 is 11.3 Å². The van der Waals surface area contributed by atoms with Crippen molar-refractivity contribution in [3.63, 3.8) is 0 Å². The van der Waals surface area contributed by atoms with Crippen LogP contribution in [0.5, 0.6) is 5.75 Å². The Morgan fingerprint density at radius 3 is 2.17 bits per heavy atom. The van der Waals surface area contributed by atoms with Gasteiger partial charge in [0.2, 0.25) is 0 Å². The second kappa shape index (κ2) is 4.84. The Labute approximate surface area is 107 Å². The summed E-state index contributed by atoms with van der Waals surface area (Å²) in [6, 6.07) is 3.14. The Balaban J connectivity index is 3.38. The molecule has 1 rings (SSSR count). The summed E-state index contributed by atoms with van der Waals surface area (Å²) in [5, 5.41) is 0. The van der Waals surface area contributed by atoms with E-state index in [4.69, 9.17) is 10.5 Å². The van der Waals surface area contributed by atoms with Gasteiger partial charge in [0.05, 0.1) is 7.11 Å². The number of alkyl halides is 2. The van der Waals surface area contributed by atoms with Crippen molar-refractivity contribution < 1.29 is 13.5 Å². The SMILES string of the molecule is COc1cc(C)c(C(F)(F)C(C)(C)CN)cc1C. The van der Waals surface area contributed by atoms with E-state index in [2.05, 4.69) is 0 Å². The number of hydrogen-bond acceptors (Lipinski definition) is 2. The molecule has 0 saturated carbocycles. The van der Waals surface area contributed by atoms with Crippen LogP contribution in [0.3, 0.4) is 0 Å². The standard InChI is InChI=1S/C14H21F2NO/c1-9-7-12(18-5)10(2)6-11(9)14(15,16)13(3,4)8-17/h6-7H,8,17H2,1-5H3. The van der Waals surface area contributed by atoms with E-state index in [0.717, 1.165) is 0 Å². The normalized spacial score (nSPS) is 12.7. The second-order valence-electron chi connectivity index (χ2n) is 5.30. The summed E-state index contributed by atoms with van der Waals surface area (Å²) in [5.41, 5.74) is 5.43.